The van der Waals surface area contributed by atoms with Gasteiger partial charge in [0, 0.05) is 29.8 Å². The molecule has 1 unspecified atom stereocenters. The number of ether oxygens (including phenoxy) is 1. The number of halogens is 1. The fraction of sp³-hybridized carbons (Fsp3) is 0.320. The molecule has 1 N–H and O–H groups in total. The zero-order valence-corrected chi connectivity index (χ0v) is 17.6. The number of carbonyl (C=O) groups excluding carboxylic acids is 1. The van der Waals surface area contributed by atoms with Crippen molar-refractivity contribution in [2.24, 2.45) is 23.7 Å². The van der Waals surface area contributed by atoms with E-state index in [9.17, 15) is 9.18 Å². The van der Waals surface area contributed by atoms with Crippen LogP contribution in [0, 0.1) is 29.5 Å². The molecule has 7 heteroatoms. The molecule has 32 heavy (non-hydrogen) atoms. The maximum absolute atomic E-state index is 13.7. The van der Waals surface area contributed by atoms with Crippen molar-refractivity contribution < 1.29 is 13.9 Å². The van der Waals surface area contributed by atoms with Crippen LogP contribution in [0.3, 0.4) is 0 Å². The summed E-state index contributed by atoms with van der Waals surface area (Å²) in [6, 6.07) is 14.0. The summed E-state index contributed by atoms with van der Waals surface area (Å²) in [6.45, 7) is 2.00. The monoisotopic (exact) mass is 430 g/mol. The van der Waals surface area contributed by atoms with Gasteiger partial charge < -0.3 is 10.1 Å². The highest BCUT2D eigenvalue weighted by Gasteiger charge is 2.59. The Morgan fingerprint density at radius 1 is 1.19 bits per heavy atom. The number of hydrogen-bond donors (Lipinski definition) is 1. The van der Waals surface area contributed by atoms with Gasteiger partial charge in [-0.3, -0.25) is 9.78 Å². The summed E-state index contributed by atoms with van der Waals surface area (Å²) in [5, 5.41) is 8.08. The molecule has 1 aromatic carbocycles. The molecule has 6 rings (SSSR count). The summed E-state index contributed by atoms with van der Waals surface area (Å²) >= 11 is 0. The zero-order valence-electron chi connectivity index (χ0n) is 17.6. The van der Waals surface area contributed by atoms with E-state index in [1.54, 1.807) is 22.8 Å². The van der Waals surface area contributed by atoms with Crippen LogP contribution in [-0.2, 0) is 4.79 Å². The van der Waals surface area contributed by atoms with Gasteiger partial charge in [0.25, 0.3) is 0 Å². The third kappa shape index (κ3) is 3.28. The van der Waals surface area contributed by atoms with E-state index >= 15 is 0 Å². The number of nitrogens with zero attached hydrogens (tertiary/aromatic N) is 3. The summed E-state index contributed by atoms with van der Waals surface area (Å²) in [7, 11) is 0. The maximum atomic E-state index is 13.7. The van der Waals surface area contributed by atoms with Gasteiger partial charge in [0.1, 0.15) is 11.6 Å². The molecule has 5 atom stereocenters. The van der Waals surface area contributed by atoms with Gasteiger partial charge >= 0.3 is 0 Å². The second kappa shape index (κ2) is 7.29. The van der Waals surface area contributed by atoms with Gasteiger partial charge in [-0.2, -0.15) is 5.10 Å². The summed E-state index contributed by atoms with van der Waals surface area (Å²) in [6.07, 6.45) is 5.48. The second-order valence-corrected chi connectivity index (χ2v) is 8.96. The SMILES string of the molecule is CC(C(=O)Nc1cc2ccccn2n1)[C@H]1[C@@H]2C[C@H](Oc3ccnc4ccc(F)cc34)C[C@@H]21. The van der Waals surface area contributed by atoms with Crippen molar-refractivity contribution in [1.29, 1.82) is 0 Å². The molecular formula is C25H23FN4O2. The molecule has 0 aliphatic heterocycles. The number of hydrogen-bond acceptors (Lipinski definition) is 4. The summed E-state index contributed by atoms with van der Waals surface area (Å²) < 4.78 is 21.7. The van der Waals surface area contributed by atoms with Crippen molar-refractivity contribution in [3.8, 4) is 5.75 Å². The van der Waals surface area contributed by atoms with Crippen molar-refractivity contribution >= 4 is 28.1 Å². The van der Waals surface area contributed by atoms with Crippen LogP contribution in [0.5, 0.6) is 5.75 Å². The van der Waals surface area contributed by atoms with E-state index in [4.69, 9.17) is 4.74 Å². The molecule has 3 heterocycles. The first-order chi connectivity index (χ1) is 15.6. The lowest BCUT2D eigenvalue weighted by Crippen LogP contribution is -2.25. The number of anilines is 1. The number of fused-ring (bicyclic) bond motifs is 3. The van der Waals surface area contributed by atoms with Crippen LogP contribution in [-0.4, -0.2) is 26.6 Å². The Kier molecular flexibility index (Phi) is 4.38. The number of rotatable bonds is 5. The van der Waals surface area contributed by atoms with E-state index in [1.165, 1.54) is 12.1 Å². The minimum absolute atomic E-state index is 0.0147. The van der Waals surface area contributed by atoms with E-state index in [0.29, 0.717) is 34.7 Å². The third-order valence-electron chi connectivity index (χ3n) is 7.04. The van der Waals surface area contributed by atoms with Crippen LogP contribution >= 0.6 is 0 Å². The summed E-state index contributed by atoms with van der Waals surface area (Å²) in [5.74, 6) is 2.26. The van der Waals surface area contributed by atoms with Crippen molar-refractivity contribution in [3.63, 3.8) is 0 Å². The lowest BCUT2D eigenvalue weighted by atomic mass is 9.97. The van der Waals surface area contributed by atoms with E-state index in [1.807, 2.05) is 37.4 Å². The topological polar surface area (TPSA) is 68.5 Å². The van der Waals surface area contributed by atoms with Gasteiger partial charge in [-0.1, -0.05) is 13.0 Å². The van der Waals surface area contributed by atoms with Crippen LogP contribution in [0.15, 0.2) is 60.9 Å². The number of amides is 1. The highest BCUT2D eigenvalue weighted by Crippen LogP contribution is 2.61. The second-order valence-electron chi connectivity index (χ2n) is 8.96. The smallest absolute Gasteiger partial charge is 0.228 e. The molecule has 4 aromatic rings. The zero-order chi connectivity index (χ0) is 21.8. The fourth-order valence-corrected chi connectivity index (χ4v) is 5.47. The van der Waals surface area contributed by atoms with Gasteiger partial charge in [-0.15, -0.1) is 0 Å². The number of pyridine rings is 2. The molecule has 0 bridgehead atoms. The van der Waals surface area contributed by atoms with E-state index in [2.05, 4.69) is 15.4 Å². The normalized spacial score (nSPS) is 24.9. The van der Waals surface area contributed by atoms with E-state index in [-0.39, 0.29) is 23.7 Å². The molecule has 1 amide bonds. The Morgan fingerprint density at radius 3 is 2.84 bits per heavy atom. The van der Waals surface area contributed by atoms with E-state index in [0.717, 1.165) is 23.9 Å². The molecule has 2 aliphatic rings. The van der Waals surface area contributed by atoms with Gasteiger partial charge in [-0.25, -0.2) is 8.91 Å². The van der Waals surface area contributed by atoms with Gasteiger partial charge in [-0.05, 0) is 67.0 Å². The average Bonchev–Trinajstić information content (AvgIpc) is 3.10. The molecule has 2 fully saturated rings. The summed E-state index contributed by atoms with van der Waals surface area (Å²) in [4.78, 5) is 17.1. The van der Waals surface area contributed by atoms with E-state index < -0.39 is 0 Å². The largest absolute Gasteiger partial charge is 0.490 e. The highest BCUT2D eigenvalue weighted by atomic mass is 19.1. The molecule has 0 spiro atoms. The van der Waals surface area contributed by atoms with Crippen molar-refractivity contribution in [2.45, 2.75) is 25.9 Å². The number of carbonyl (C=O) groups is 1. The maximum Gasteiger partial charge on any atom is 0.228 e. The molecule has 2 aliphatic carbocycles. The van der Waals surface area contributed by atoms with Gasteiger partial charge in [0.2, 0.25) is 5.91 Å². The quantitative estimate of drug-likeness (QED) is 0.498. The van der Waals surface area contributed by atoms with Crippen molar-refractivity contribution in [1.82, 2.24) is 14.6 Å². The lowest BCUT2D eigenvalue weighted by molar-refractivity contribution is -0.120. The number of aromatic nitrogens is 3. The van der Waals surface area contributed by atoms with Crippen LogP contribution < -0.4 is 10.1 Å². The Labute approximate surface area is 184 Å². The molecule has 2 saturated carbocycles. The Hall–Kier alpha value is -3.48. The minimum atomic E-state index is -0.296. The number of nitrogens with one attached hydrogen (secondary N) is 1. The van der Waals surface area contributed by atoms with Gasteiger partial charge in [0.05, 0.1) is 17.1 Å². The third-order valence-corrected chi connectivity index (χ3v) is 7.04. The first kappa shape index (κ1) is 19.2. The Morgan fingerprint density at radius 2 is 2.03 bits per heavy atom. The standard InChI is InChI=1S/C25H23FN4O2/c1-14(25(31)28-23-11-16-4-2-3-9-30(16)29-23)24-18-12-17(13-19(18)24)32-22-7-8-27-21-6-5-15(26)10-20(21)22/h2-11,14,17-19,24H,12-13H2,1H3,(H,28,29,31)/t14?,17-,18+,19-,24-. The molecule has 3 aromatic heterocycles. The van der Waals surface area contributed by atoms with Crippen LogP contribution in [0.1, 0.15) is 19.8 Å². The van der Waals surface area contributed by atoms with Crippen LogP contribution in [0.2, 0.25) is 0 Å². The molecule has 6 nitrogen and oxygen atoms in total. The fourth-order valence-electron chi connectivity index (χ4n) is 5.47. The predicted molar refractivity (Wildman–Crippen MR) is 119 cm³/mol. The first-order valence-electron chi connectivity index (χ1n) is 11.0. The van der Waals surface area contributed by atoms with Crippen LogP contribution in [0.25, 0.3) is 16.4 Å². The minimum Gasteiger partial charge on any atom is -0.490 e. The molecule has 0 radical (unpaired) electrons. The molecule has 0 saturated heterocycles. The van der Waals surface area contributed by atoms with Gasteiger partial charge in [0.15, 0.2) is 5.82 Å². The number of benzene rings is 1. The van der Waals surface area contributed by atoms with Crippen LogP contribution in [0.4, 0.5) is 10.2 Å². The highest BCUT2D eigenvalue weighted by molar-refractivity contribution is 5.92. The Bertz CT molecular complexity index is 1290. The Balaban J connectivity index is 1.08. The predicted octanol–water partition coefficient (Wildman–Crippen LogP) is 4.70. The average molecular weight is 430 g/mol. The van der Waals surface area contributed by atoms with Crippen molar-refractivity contribution in [3.05, 3.63) is 66.7 Å². The molecular weight excluding hydrogens is 407 g/mol. The van der Waals surface area contributed by atoms with Crippen molar-refractivity contribution in [2.75, 3.05) is 5.32 Å². The lowest BCUT2D eigenvalue weighted by Gasteiger charge is -2.20. The summed E-state index contributed by atoms with van der Waals surface area (Å²) in [5.41, 5.74) is 1.67. The molecule has 162 valence electrons. The first-order valence-corrected chi connectivity index (χ1v) is 11.0.